The Morgan fingerprint density at radius 1 is 1.10 bits per heavy atom. The van der Waals surface area contributed by atoms with E-state index in [9.17, 15) is 4.79 Å². The lowest BCUT2D eigenvalue weighted by Crippen LogP contribution is -2.25. The molecule has 4 aromatic rings. The first kappa shape index (κ1) is 21.8. The average Bonchev–Trinajstić information content (AvgIpc) is 3.16. The van der Waals surface area contributed by atoms with Crippen LogP contribution in [0.3, 0.4) is 0 Å². The van der Waals surface area contributed by atoms with Crippen molar-refractivity contribution in [2.75, 3.05) is 6.54 Å². The number of fused-ring (bicyclic) bond motifs is 1. The molecule has 0 saturated carbocycles. The fourth-order valence-corrected chi connectivity index (χ4v) is 4.45. The van der Waals surface area contributed by atoms with Gasteiger partial charge in [-0.3, -0.25) is 4.79 Å². The normalized spacial score (nSPS) is 11.1. The second-order valence-corrected chi connectivity index (χ2v) is 8.95. The molecule has 1 amide bonds. The molecule has 4 nitrogen and oxygen atoms in total. The minimum Gasteiger partial charge on any atom is -0.431 e. The number of benzene rings is 3. The van der Waals surface area contributed by atoms with Crippen molar-refractivity contribution in [2.24, 2.45) is 0 Å². The van der Waals surface area contributed by atoms with Crippen LogP contribution in [0.5, 0.6) is 0 Å². The molecule has 1 N–H and O–H groups in total. The second-order valence-electron chi connectivity index (χ2n) is 7.18. The van der Waals surface area contributed by atoms with Gasteiger partial charge in [-0.2, -0.15) is 0 Å². The number of oxazole rings is 1. The molecule has 4 rings (SSSR count). The van der Waals surface area contributed by atoms with Gasteiger partial charge in [0.15, 0.2) is 5.58 Å². The zero-order chi connectivity index (χ0) is 21.8. The Kier molecular flexibility index (Phi) is 6.86. The Morgan fingerprint density at radius 3 is 2.81 bits per heavy atom. The molecule has 0 fully saturated rings. The highest BCUT2D eigenvalue weighted by molar-refractivity contribution is 7.98. The lowest BCUT2D eigenvalue weighted by molar-refractivity contribution is 0.0954. The van der Waals surface area contributed by atoms with Crippen molar-refractivity contribution in [2.45, 2.75) is 24.3 Å². The zero-order valence-electron chi connectivity index (χ0n) is 16.8. The number of aromatic nitrogens is 1. The van der Waals surface area contributed by atoms with Crippen LogP contribution in [0.1, 0.15) is 27.0 Å². The van der Waals surface area contributed by atoms with Gasteiger partial charge in [0, 0.05) is 27.9 Å². The molecular formula is C24H20Cl2N2O2S. The van der Waals surface area contributed by atoms with Gasteiger partial charge < -0.3 is 9.73 Å². The second kappa shape index (κ2) is 9.77. The minimum absolute atomic E-state index is 0.116. The predicted molar refractivity (Wildman–Crippen MR) is 127 cm³/mol. The molecule has 0 radical (unpaired) electrons. The standard InChI is InChI=1S/C24H20Cl2N2O2S/c1-15-5-8-22-21(11-15)28-24(30-22)31-14-16-3-2-4-18(12-16)23(29)27-10-9-17-6-7-19(25)13-20(17)26/h2-8,11-13H,9-10,14H2,1H3,(H,27,29). The van der Waals surface area contributed by atoms with Crippen LogP contribution < -0.4 is 5.32 Å². The van der Waals surface area contributed by atoms with E-state index in [0.717, 1.165) is 27.8 Å². The quantitative estimate of drug-likeness (QED) is 0.305. The van der Waals surface area contributed by atoms with Gasteiger partial charge in [-0.05, 0) is 66.4 Å². The molecule has 0 aliphatic rings. The van der Waals surface area contributed by atoms with E-state index in [1.54, 1.807) is 18.2 Å². The SMILES string of the molecule is Cc1ccc2oc(SCc3cccc(C(=O)NCCc4ccc(Cl)cc4Cl)c3)nc2c1. The van der Waals surface area contributed by atoms with Crippen LogP contribution in [0.15, 0.2) is 70.3 Å². The number of carbonyl (C=O) groups is 1. The van der Waals surface area contributed by atoms with E-state index in [1.807, 2.05) is 49.4 Å². The van der Waals surface area contributed by atoms with Crippen LogP contribution >= 0.6 is 35.0 Å². The van der Waals surface area contributed by atoms with Crippen molar-refractivity contribution < 1.29 is 9.21 Å². The zero-order valence-corrected chi connectivity index (χ0v) is 19.2. The number of hydrogen-bond donors (Lipinski definition) is 1. The molecular weight excluding hydrogens is 451 g/mol. The van der Waals surface area contributed by atoms with Crippen LogP contribution in [0.4, 0.5) is 0 Å². The summed E-state index contributed by atoms with van der Waals surface area (Å²) in [6.45, 7) is 2.52. The van der Waals surface area contributed by atoms with E-state index in [2.05, 4.69) is 10.3 Å². The third-order valence-electron chi connectivity index (χ3n) is 4.77. The highest BCUT2D eigenvalue weighted by Gasteiger charge is 2.10. The number of hydrogen-bond acceptors (Lipinski definition) is 4. The molecule has 0 atom stereocenters. The fraction of sp³-hybridized carbons (Fsp3) is 0.167. The predicted octanol–water partition coefficient (Wildman–Crippen LogP) is 6.71. The number of nitrogens with zero attached hydrogens (tertiary/aromatic N) is 1. The third-order valence-corrected chi connectivity index (χ3v) is 6.26. The Labute approximate surface area is 195 Å². The molecule has 0 aliphatic heterocycles. The molecule has 0 spiro atoms. The van der Waals surface area contributed by atoms with Crippen molar-refractivity contribution in [1.82, 2.24) is 10.3 Å². The van der Waals surface area contributed by atoms with E-state index in [4.69, 9.17) is 27.6 Å². The Hall–Kier alpha value is -2.47. The number of amides is 1. The van der Waals surface area contributed by atoms with Crippen molar-refractivity contribution >= 4 is 52.0 Å². The van der Waals surface area contributed by atoms with Crippen molar-refractivity contribution in [3.05, 3.63) is 93.0 Å². The van der Waals surface area contributed by atoms with E-state index >= 15 is 0 Å². The van der Waals surface area contributed by atoms with Crippen LogP contribution in [0, 0.1) is 6.92 Å². The fourth-order valence-electron chi connectivity index (χ4n) is 3.16. The van der Waals surface area contributed by atoms with Gasteiger partial charge in [0.05, 0.1) is 0 Å². The summed E-state index contributed by atoms with van der Waals surface area (Å²) in [4.78, 5) is 17.1. The van der Waals surface area contributed by atoms with Gasteiger partial charge in [-0.15, -0.1) is 0 Å². The molecule has 31 heavy (non-hydrogen) atoms. The number of rotatable bonds is 7. The molecule has 0 bridgehead atoms. The molecule has 1 aromatic heterocycles. The molecule has 0 saturated heterocycles. The lowest BCUT2D eigenvalue weighted by Gasteiger charge is -2.08. The maximum absolute atomic E-state index is 12.5. The Bertz CT molecular complexity index is 1240. The highest BCUT2D eigenvalue weighted by Crippen LogP contribution is 2.27. The average molecular weight is 471 g/mol. The van der Waals surface area contributed by atoms with Crippen LogP contribution in [0.25, 0.3) is 11.1 Å². The molecule has 0 aliphatic carbocycles. The molecule has 7 heteroatoms. The smallest absolute Gasteiger partial charge is 0.257 e. The topological polar surface area (TPSA) is 55.1 Å². The summed E-state index contributed by atoms with van der Waals surface area (Å²) < 4.78 is 5.79. The van der Waals surface area contributed by atoms with E-state index in [0.29, 0.717) is 39.5 Å². The van der Waals surface area contributed by atoms with Gasteiger partial charge in [0.1, 0.15) is 5.52 Å². The molecule has 1 heterocycles. The van der Waals surface area contributed by atoms with E-state index in [1.165, 1.54) is 11.8 Å². The van der Waals surface area contributed by atoms with Crippen molar-refractivity contribution in [1.29, 1.82) is 0 Å². The van der Waals surface area contributed by atoms with Gasteiger partial charge >= 0.3 is 0 Å². The van der Waals surface area contributed by atoms with Crippen LogP contribution in [-0.2, 0) is 12.2 Å². The number of aryl methyl sites for hydroxylation is 1. The summed E-state index contributed by atoms with van der Waals surface area (Å²) in [6, 6.07) is 18.9. The first-order chi connectivity index (χ1) is 15.0. The van der Waals surface area contributed by atoms with Gasteiger partial charge in [-0.1, -0.05) is 59.2 Å². The molecule has 3 aromatic carbocycles. The summed E-state index contributed by atoms with van der Waals surface area (Å²) in [5.74, 6) is 0.544. The van der Waals surface area contributed by atoms with Gasteiger partial charge in [-0.25, -0.2) is 4.98 Å². The van der Waals surface area contributed by atoms with Gasteiger partial charge in [0.25, 0.3) is 11.1 Å². The Balaban J connectivity index is 1.34. The number of halogens is 2. The van der Waals surface area contributed by atoms with E-state index in [-0.39, 0.29) is 5.91 Å². The largest absolute Gasteiger partial charge is 0.431 e. The first-order valence-electron chi connectivity index (χ1n) is 9.79. The monoisotopic (exact) mass is 470 g/mol. The van der Waals surface area contributed by atoms with Crippen LogP contribution in [0.2, 0.25) is 10.0 Å². The molecule has 0 unspecified atom stereocenters. The summed E-state index contributed by atoms with van der Waals surface area (Å²) >= 11 is 13.6. The first-order valence-corrected chi connectivity index (χ1v) is 11.5. The highest BCUT2D eigenvalue weighted by atomic mass is 35.5. The van der Waals surface area contributed by atoms with Crippen LogP contribution in [-0.4, -0.2) is 17.4 Å². The summed E-state index contributed by atoms with van der Waals surface area (Å²) in [5, 5.41) is 4.77. The number of thioether (sulfide) groups is 1. The Morgan fingerprint density at radius 2 is 1.97 bits per heavy atom. The maximum Gasteiger partial charge on any atom is 0.257 e. The van der Waals surface area contributed by atoms with Crippen molar-refractivity contribution in [3.63, 3.8) is 0 Å². The number of nitrogens with one attached hydrogen (secondary N) is 1. The third kappa shape index (κ3) is 5.62. The maximum atomic E-state index is 12.5. The van der Waals surface area contributed by atoms with E-state index < -0.39 is 0 Å². The summed E-state index contributed by atoms with van der Waals surface area (Å²) in [7, 11) is 0. The number of carbonyl (C=O) groups excluding carboxylic acids is 1. The van der Waals surface area contributed by atoms with Gasteiger partial charge in [0.2, 0.25) is 0 Å². The van der Waals surface area contributed by atoms with Crippen molar-refractivity contribution in [3.8, 4) is 0 Å². The summed E-state index contributed by atoms with van der Waals surface area (Å²) in [5.41, 5.74) is 5.38. The molecule has 158 valence electrons. The summed E-state index contributed by atoms with van der Waals surface area (Å²) in [6.07, 6.45) is 0.633. The minimum atomic E-state index is -0.116. The lowest BCUT2D eigenvalue weighted by atomic mass is 10.1.